The van der Waals surface area contributed by atoms with Crippen molar-refractivity contribution in [2.45, 2.75) is 13.1 Å². The predicted octanol–water partition coefficient (Wildman–Crippen LogP) is 6.03. The average molecular weight is 447 g/mol. The highest BCUT2D eigenvalue weighted by Gasteiger charge is 2.30. The molecule has 0 spiro atoms. The first kappa shape index (κ1) is 20.7. The van der Waals surface area contributed by atoms with Crippen LogP contribution in [0.25, 0.3) is 39.2 Å². The van der Waals surface area contributed by atoms with Crippen LogP contribution in [-0.4, -0.2) is 14.7 Å². The molecule has 2 aromatic heterocycles. The Morgan fingerprint density at radius 2 is 1.64 bits per heavy atom. The van der Waals surface area contributed by atoms with Gasteiger partial charge in [-0.05, 0) is 43.3 Å². The van der Waals surface area contributed by atoms with Crippen molar-refractivity contribution in [3.63, 3.8) is 0 Å². The summed E-state index contributed by atoms with van der Waals surface area (Å²) in [4.78, 5) is 17.5. The fraction of sp³-hybridized carbons (Fsp3) is 0.0800. The van der Waals surface area contributed by atoms with Crippen LogP contribution in [0.15, 0.2) is 88.2 Å². The number of aryl methyl sites for hydroxylation is 1. The second-order valence-electron chi connectivity index (χ2n) is 7.52. The molecule has 0 fully saturated rings. The maximum absolute atomic E-state index is 13.0. The van der Waals surface area contributed by atoms with Gasteiger partial charge in [0.2, 0.25) is 0 Å². The highest BCUT2D eigenvalue weighted by Crippen LogP contribution is 2.33. The Labute approximate surface area is 185 Å². The smallest absolute Gasteiger partial charge is 0.356 e. The number of alkyl halides is 3. The summed E-state index contributed by atoms with van der Waals surface area (Å²) >= 11 is 0. The summed E-state index contributed by atoms with van der Waals surface area (Å²) in [6, 6.07) is 20.7. The quantitative estimate of drug-likeness (QED) is 0.339. The number of hydrogen-bond acceptors (Lipinski definition) is 4. The topological polar surface area (TPSA) is 60.9 Å². The van der Waals surface area contributed by atoms with Crippen molar-refractivity contribution in [1.29, 1.82) is 0 Å². The van der Waals surface area contributed by atoms with Crippen LogP contribution in [0.3, 0.4) is 0 Å². The van der Waals surface area contributed by atoms with Crippen molar-refractivity contribution in [3.8, 4) is 28.3 Å². The molecule has 8 heteroatoms. The third-order valence-electron chi connectivity index (χ3n) is 5.35. The maximum Gasteiger partial charge on any atom is 0.416 e. The zero-order valence-electron chi connectivity index (χ0n) is 17.3. The van der Waals surface area contributed by atoms with Crippen molar-refractivity contribution < 1.29 is 17.7 Å². The number of fused-ring (bicyclic) bond motifs is 1. The molecule has 0 amide bonds. The van der Waals surface area contributed by atoms with Crippen LogP contribution >= 0.6 is 0 Å². The Hall–Kier alpha value is -4.20. The molecule has 5 nitrogen and oxygen atoms in total. The van der Waals surface area contributed by atoms with E-state index in [1.54, 1.807) is 55.5 Å². The molecule has 33 heavy (non-hydrogen) atoms. The Kier molecular flexibility index (Phi) is 4.85. The van der Waals surface area contributed by atoms with Gasteiger partial charge in [-0.15, -0.1) is 0 Å². The van der Waals surface area contributed by atoms with Gasteiger partial charge in [0.05, 0.1) is 22.2 Å². The van der Waals surface area contributed by atoms with E-state index >= 15 is 0 Å². The molecule has 164 valence electrons. The van der Waals surface area contributed by atoms with E-state index in [0.717, 1.165) is 12.1 Å². The van der Waals surface area contributed by atoms with Gasteiger partial charge in [-0.3, -0.25) is 9.36 Å². The van der Waals surface area contributed by atoms with Crippen LogP contribution in [0.1, 0.15) is 11.4 Å². The molecule has 5 rings (SSSR count). The summed E-state index contributed by atoms with van der Waals surface area (Å²) in [5.41, 5.74) is 1.80. The van der Waals surface area contributed by atoms with Crippen LogP contribution < -0.4 is 5.56 Å². The molecule has 0 unspecified atom stereocenters. The van der Waals surface area contributed by atoms with Gasteiger partial charge in [0.25, 0.3) is 5.56 Å². The van der Waals surface area contributed by atoms with Crippen LogP contribution in [-0.2, 0) is 6.18 Å². The van der Waals surface area contributed by atoms with E-state index in [2.05, 4.69) is 10.1 Å². The van der Waals surface area contributed by atoms with Crippen LogP contribution in [0.4, 0.5) is 13.2 Å². The van der Waals surface area contributed by atoms with E-state index in [1.165, 1.54) is 16.7 Å². The van der Waals surface area contributed by atoms with Crippen molar-refractivity contribution in [2.24, 2.45) is 0 Å². The highest BCUT2D eigenvalue weighted by molar-refractivity contribution is 5.78. The van der Waals surface area contributed by atoms with Gasteiger partial charge in [-0.2, -0.15) is 13.2 Å². The molecule has 0 bridgehead atoms. The first-order valence-corrected chi connectivity index (χ1v) is 10.0. The molecule has 0 N–H and O–H groups in total. The largest absolute Gasteiger partial charge is 0.416 e. The SMILES string of the molecule is Cc1nc2ccccc2c(=O)n1-c1ccc(-c2cc(-c3cccc(C(F)(F)F)c3)on2)cc1. The second kappa shape index (κ2) is 7.74. The van der Waals surface area contributed by atoms with Crippen molar-refractivity contribution in [3.05, 3.63) is 101 Å². The van der Waals surface area contributed by atoms with E-state index in [9.17, 15) is 18.0 Å². The number of para-hydroxylation sites is 1. The number of hydrogen-bond donors (Lipinski definition) is 0. The fourth-order valence-corrected chi connectivity index (χ4v) is 3.73. The number of aromatic nitrogens is 3. The molecule has 2 heterocycles. The van der Waals surface area contributed by atoms with Crippen LogP contribution in [0.5, 0.6) is 0 Å². The molecule has 5 aromatic rings. The molecule has 3 aromatic carbocycles. The Bertz CT molecular complexity index is 1530. The maximum atomic E-state index is 13.0. The zero-order chi connectivity index (χ0) is 23.2. The second-order valence-corrected chi connectivity index (χ2v) is 7.52. The molecule has 0 aliphatic carbocycles. The molecule has 0 aliphatic heterocycles. The summed E-state index contributed by atoms with van der Waals surface area (Å²) in [7, 11) is 0. The average Bonchev–Trinajstić information content (AvgIpc) is 3.29. The molecule has 0 aliphatic rings. The standard InChI is InChI=1S/C25H16F3N3O2/c1-15-29-21-8-3-2-7-20(21)24(32)31(15)19-11-9-16(10-12-19)22-14-23(33-30-22)17-5-4-6-18(13-17)25(26,27)28/h2-14H,1H3. The van der Waals surface area contributed by atoms with Gasteiger partial charge < -0.3 is 4.52 Å². The Morgan fingerprint density at radius 1 is 0.879 bits per heavy atom. The van der Waals surface area contributed by atoms with E-state index < -0.39 is 11.7 Å². The minimum absolute atomic E-state index is 0.167. The molecule has 0 radical (unpaired) electrons. The Balaban J connectivity index is 1.48. The summed E-state index contributed by atoms with van der Waals surface area (Å²) in [6.07, 6.45) is -4.44. The number of halogens is 3. The fourth-order valence-electron chi connectivity index (χ4n) is 3.73. The van der Waals surface area contributed by atoms with Crippen molar-refractivity contribution in [2.75, 3.05) is 0 Å². The third-order valence-corrected chi connectivity index (χ3v) is 5.35. The molecule has 0 saturated carbocycles. The van der Waals surface area contributed by atoms with E-state index in [0.29, 0.717) is 33.7 Å². The minimum Gasteiger partial charge on any atom is -0.356 e. The zero-order valence-corrected chi connectivity index (χ0v) is 17.3. The van der Waals surface area contributed by atoms with Crippen LogP contribution in [0, 0.1) is 6.92 Å². The lowest BCUT2D eigenvalue weighted by Gasteiger charge is -2.11. The number of benzene rings is 3. The van der Waals surface area contributed by atoms with Gasteiger partial charge in [0, 0.05) is 17.2 Å². The van der Waals surface area contributed by atoms with E-state index in [4.69, 9.17) is 4.52 Å². The first-order chi connectivity index (χ1) is 15.8. The van der Waals surface area contributed by atoms with Gasteiger partial charge >= 0.3 is 6.18 Å². The summed E-state index contributed by atoms with van der Waals surface area (Å²) in [6.45, 7) is 1.76. The van der Waals surface area contributed by atoms with E-state index in [1.807, 2.05) is 6.07 Å². The molecular formula is C25H16F3N3O2. The lowest BCUT2D eigenvalue weighted by molar-refractivity contribution is -0.137. The monoisotopic (exact) mass is 447 g/mol. The van der Waals surface area contributed by atoms with Gasteiger partial charge in [0.15, 0.2) is 5.76 Å². The molecule has 0 atom stereocenters. The van der Waals surface area contributed by atoms with E-state index in [-0.39, 0.29) is 16.9 Å². The van der Waals surface area contributed by atoms with Crippen molar-refractivity contribution >= 4 is 10.9 Å². The summed E-state index contributed by atoms with van der Waals surface area (Å²) < 4.78 is 45.8. The summed E-state index contributed by atoms with van der Waals surface area (Å²) in [5.74, 6) is 0.783. The number of nitrogens with zero attached hydrogens (tertiary/aromatic N) is 3. The van der Waals surface area contributed by atoms with Crippen molar-refractivity contribution in [1.82, 2.24) is 14.7 Å². The lowest BCUT2D eigenvalue weighted by Crippen LogP contribution is -2.22. The third kappa shape index (κ3) is 3.80. The minimum atomic E-state index is -4.44. The van der Waals surface area contributed by atoms with Gasteiger partial charge in [-0.1, -0.05) is 41.6 Å². The highest BCUT2D eigenvalue weighted by atomic mass is 19.4. The number of rotatable bonds is 3. The molecule has 0 saturated heterocycles. The van der Waals surface area contributed by atoms with Crippen LogP contribution in [0.2, 0.25) is 0 Å². The molecular weight excluding hydrogens is 431 g/mol. The predicted molar refractivity (Wildman–Crippen MR) is 118 cm³/mol. The Morgan fingerprint density at radius 3 is 2.39 bits per heavy atom. The lowest BCUT2D eigenvalue weighted by atomic mass is 10.1. The normalized spacial score (nSPS) is 11.8. The van der Waals surface area contributed by atoms with Gasteiger partial charge in [0.1, 0.15) is 11.5 Å². The first-order valence-electron chi connectivity index (χ1n) is 10.0. The van der Waals surface area contributed by atoms with Gasteiger partial charge in [-0.25, -0.2) is 4.98 Å². The summed E-state index contributed by atoms with van der Waals surface area (Å²) in [5, 5.41) is 4.52.